The first kappa shape index (κ1) is 12.1. The van der Waals surface area contributed by atoms with Gasteiger partial charge in [-0.05, 0) is 31.7 Å². The van der Waals surface area contributed by atoms with Crippen LogP contribution in [0.25, 0.3) is 0 Å². The van der Waals surface area contributed by atoms with E-state index in [1.54, 1.807) is 0 Å². The lowest BCUT2D eigenvalue weighted by atomic mass is 9.86. The number of hydrogen-bond acceptors (Lipinski definition) is 2. The molecular formula is C15H21FN2. The zero-order valence-electron chi connectivity index (χ0n) is 10.9. The number of hydrogen-bond donors (Lipinski definition) is 2. The standard InChI is InChI=1S/C15H21FN2/c1-12(13-6-3-2-4-7-13)18-15-9-5-8-14(15,16)10-17-11-15/h2-4,6-7,12,17-18H,5,8-11H2,1H3/t12-,14+,15+/m0/s1. The van der Waals surface area contributed by atoms with Gasteiger partial charge in [0, 0.05) is 19.1 Å². The van der Waals surface area contributed by atoms with Gasteiger partial charge in [0.15, 0.2) is 0 Å². The highest BCUT2D eigenvalue weighted by Gasteiger charge is 2.59. The van der Waals surface area contributed by atoms with Crippen molar-refractivity contribution in [1.82, 2.24) is 10.6 Å². The van der Waals surface area contributed by atoms with Crippen molar-refractivity contribution in [2.24, 2.45) is 0 Å². The number of benzene rings is 1. The van der Waals surface area contributed by atoms with Crippen LogP contribution in [0, 0.1) is 0 Å². The second kappa shape index (κ2) is 4.32. The molecule has 2 aliphatic rings. The molecule has 0 aromatic heterocycles. The van der Waals surface area contributed by atoms with E-state index in [0.29, 0.717) is 13.0 Å². The average molecular weight is 248 g/mol. The molecule has 0 amide bonds. The van der Waals surface area contributed by atoms with Crippen LogP contribution in [0.2, 0.25) is 0 Å². The molecule has 1 aromatic rings. The first-order chi connectivity index (χ1) is 8.65. The second-order valence-electron chi connectivity index (χ2n) is 5.78. The zero-order chi connectivity index (χ0) is 12.6. The Hall–Kier alpha value is -0.930. The van der Waals surface area contributed by atoms with Gasteiger partial charge in [-0.3, -0.25) is 0 Å². The van der Waals surface area contributed by atoms with Crippen molar-refractivity contribution in [3.8, 4) is 0 Å². The molecule has 1 heterocycles. The summed E-state index contributed by atoms with van der Waals surface area (Å²) in [4.78, 5) is 0. The van der Waals surface area contributed by atoms with Gasteiger partial charge in [0.05, 0.1) is 5.54 Å². The molecule has 2 fully saturated rings. The Balaban J connectivity index is 1.80. The largest absolute Gasteiger partial charge is 0.312 e. The Kier molecular flexibility index (Phi) is 2.91. The highest BCUT2D eigenvalue weighted by Crippen LogP contribution is 2.45. The first-order valence-electron chi connectivity index (χ1n) is 6.88. The second-order valence-corrected chi connectivity index (χ2v) is 5.78. The molecule has 0 unspecified atom stereocenters. The van der Waals surface area contributed by atoms with Crippen LogP contribution in [0.3, 0.4) is 0 Å². The normalized spacial score (nSPS) is 36.6. The smallest absolute Gasteiger partial charge is 0.142 e. The van der Waals surface area contributed by atoms with E-state index in [1.165, 1.54) is 5.56 Å². The lowest BCUT2D eigenvalue weighted by Gasteiger charge is -2.37. The van der Waals surface area contributed by atoms with Gasteiger partial charge in [0.25, 0.3) is 0 Å². The molecule has 1 saturated carbocycles. The zero-order valence-corrected chi connectivity index (χ0v) is 10.9. The number of rotatable bonds is 3. The van der Waals surface area contributed by atoms with Gasteiger partial charge in [-0.2, -0.15) is 0 Å². The highest BCUT2D eigenvalue weighted by molar-refractivity contribution is 5.23. The molecule has 1 saturated heterocycles. The van der Waals surface area contributed by atoms with Crippen molar-refractivity contribution < 1.29 is 4.39 Å². The molecule has 1 aliphatic carbocycles. The molecule has 1 aliphatic heterocycles. The average Bonchev–Trinajstić information content (AvgIpc) is 2.83. The number of alkyl halides is 1. The van der Waals surface area contributed by atoms with E-state index in [9.17, 15) is 4.39 Å². The van der Waals surface area contributed by atoms with E-state index in [4.69, 9.17) is 0 Å². The lowest BCUT2D eigenvalue weighted by molar-refractivity contribution is 0.0970. The molecular weight excluding hydrogens is 227 g/mol. The van der Waals surface area contributed by atoms with E-state index in [1.807, 2.05) is 18.2 Å². The van der Waals surface area contributed by atoms with E-state index in [-0.39, 0.29) is 11.6 Å². The summed E-state index contributed by atoms with van der Waals surface area (Å²) in [6.45, 7) is 3.38. The van der Waals surface area contributed by atoms with Crippen molar-refractivity contribution in [3.63, 3.8) is 0 Å². The predicted octanol–water partition coefficient (Wildman–Crippen LogP) is 2.57. The van der Waals surface area contributed by atoms with Gasteiger partial charge in [-0.1, -0.05) is 30.3 Å². The Labute approximate surface area is 108 Å². The maximum Gasteiger partial charge on any atom is 0.142 e. The molecule has 2 nitrogen and oxygen atoms in total. The van der Waals surface area contributed by atoms with Crippen LogP contribution in [0.1, 0.15) is 37.8 Å². The summed E-state index contributed by atoms with van der Waals surface area (Å²) in [6.07, 6.45) is 2.62. The van der Waals surface area contributed by atoms with Crippen LogP contribution in [0.4, 0.5) is 4.39 Å². The Morgan fingerprint density at radius 3 is 2.78 bits per heavy atom. The number of fused-ring (bicyclic) bond motifs is 1. The molecule has 1 aromatic carbocycles. The Morgan fingerprint density at radius 2 is 2.00 bits per heavy atom. The molecule has 0 radical (unpaired) electrons. The molecule has 3 atom stereocenters. The fourth-order valence-corrected chi connectivity index (χ4v) is 3.60. The molecule has 2 N–H and O–H groups in total. The van der Waals surface area contributed by atoms with E-state index in [2.05, 4.69) is 29.7 Å². The van der Waals surface area contributed by atoms with Crippen molar-refractivity contribution in [1.29, 1.82) is 0 Å². The van der Waals surface area contributed by atoms with Gasteiger partial charge in [0.1, 0.15) is 5.67 Å². The number of halogens is 1. The Morgan fingerprint density at radius 1 is 1.22 bits per heavy atom. The van der Waals surface area contributed by atoms with Gasteiger partial charge < -0.3 is 10.6 Å². The summed E-state index contributed by atoms with van der Waals surface area (Å²) in [5.74, 6) is 0. The predicted molar refractivity (Wildman–Crippen MR) is 71.3 cm³/mol. The van der Waals surface area contributed by atoms with Crippen molar-refractivity contribution in [3.05, 3.63) is 35.9 Å². The van der Waals surface area contributed by atoms with Crippen LogP contribution >= 0.6 is 0 Å². The third-order valence-electron chi connectivity index (χ3n) is 4.66. The van der Waals surface area contributed by atoms with Crippen molar-refractivity contribution in [2.75, 3.05) is 13.1 Å². The molecule has 18 heavy (non-hydrogen) atoms. The van der Waals surface area contributed by atoms with Gasteiger partial charge in [-0.25, -0.2) is 4.39 Å². The third-order valence-corrected chi connectivity index (χ3v) is 4.66. The van der Waals surface area contributed by atoms with Crippen molar-refractivity contribution >= 4 is 0 Å². The van der Waals surface area contributed by atoms with Crippen LogP contribution in [0.15, 0.2) is 30.3 Å². The minimum Gasteiger partial charge on any atom is -0.312 e. The van der Waals surface area contributed by atoms with Crippen LogP contribution in [-0.2, 0) is 0 Å². The van der Waals surface area contributed by atoms with Crippen LogP contribution < -0.4 is 10.6 Å². The molecule has 3 rings (SSSR count). The maximum atomic E-state index is 14.9. The van der Waals surface area contributed by atoms with E-state index in [0.717, 1.165) is 19.4 Å². The summed E-state index contributed by atoms with van der Waals surface area (Å²) in [7, 11) is 0. The van der Waals surface area contributed by atoms with Crippen LogP contribution in [0.5, 0.6) is 0 Å². The van der Waals surface area contributed by atoms with Crippen molar-refractivity contribution in [2.45, 2.75) is 43.4 Å². The van der Waals surface area contributed by atoms with Gasteiger partial charge in [0.2, 0.25) is 0 Å². The Bertz CT molecular complexity index is 408. The topological polar surface area (TPSA) is 24.1 Å². The first-order valence-corrected chi connectivity index (χ1v) is 6.88. The van der Waals surface area contributed by atoms with E-state index < -0.39 is 5.67 Å². The fourth-order valence-electron chi connectivity index (χ4n) is 3.60. The summed E-state index contributed by atoms with van der Waals surface area (Å²) in [6, 6.07) is 10.5. The summed E-state index contributed by atoms with van der Waals surface area (Å²) < 4.78 is 14.9. The summed E-state index contributed by atoms with van der Waals surface area (Å²) in [5, 5.41) is 6.80. The van der Waals surface area contributed by atoms with Gasteiger partial charge in [-0.15, -0.1) is 0 Å². The SMILES string of the molecule is C[C@H](N[C@@]12CCC[C@@]1(F)CNC2)c1ccccc1. The lowest BCUT2D eigenvalue weighted by Crippen LogP contribution is -2.57. The number of nitrogens with one attached hydrogen (secondary N) is 2. The minimum atomic E-state index is -1.06. The molecule has 0 spiro atoms. The maximum absolute atomic E-state index is 14.9. The summed E-state index contributed by atoms with van der Waals surface area (Å²) in [5.41, 5.74) is -0.189. The molecule has 3 heteroatoms. The monoisotopic (exact) mass is 248 g/mol. The van der Waals surface area contributed by atoms with Gasteiger partial charge >= 0.3 is 0 Å². The summed E-state index contributed by atoms with van der Waals surface area (Å²) >= 11 is 0. The quantitative estimate of drug-likeness (QED) is 0.859. The van der Waals surface area contributed by atoms with E-state index >= 15 is 0 Å². The molecule has 98 valence electrons. The minimum absolute atomic E-state index is 0.194. The third kappa shape index (κ3) is 1.77. The van der Waals surface area contributed by atoms with Crippen LogP contribution in [-0.4, -0.2) is 24.3 Å². The fraction of sp³-hybridized carbons (Fsp3) is 0.600. The highest BCUT2D eigenvalue weighted by atomic mass is 19.1. The molecule has 0 bridgehead atoms.